The zero-order valence-corrected chi connectivity index (χ0v) is 9.71. The molecular weight excluding hydrogens is 178 g/mol. The van der Waals surface area contributed by atoms with Crippen LogP contribution in [0.15, 0.2) is 0 Å². The van der Waals surface area contributed by atoms with Gasteiger partial charge >= 0.3 is 0 Å². The molecule has 3 N–H and O–H groups in total. The van der Waals surface area contributed by atoms with Crippen LogP contribution >= 0.6 is 0 Å². The van der Waals surface area contributed by atoms with Crippen molar-refractivity contribution in [2.75, 3.05) is 13.6 Å². The number of nitrogens with one attached hydrogen (secondary N) is 1. The van der Waals surface area contributed by atoms with Crippen molar-refractivity contribution in [3.8, 4) is 0 Å². The van der Waals surface area contributed by atoms with Crippen LogP contribution < -0.4 is 11.3 Å². The quantitative estimate of drug-likeness (QED) is 0.378. The highest BCUT2D eigenvalue weighted by atomic mass is 16.2. The maximum Gasteiger partial charge on any atom is 0.235 e. The van der Waals surface area contributed by atoms with Gasteiger partial charge < -0.3 is 4.90 Å². The summed E-state index contributed by atoms with van der Waals surface area (Å²) in [7, 11) is 2.04. The molecule has 14 heavy (non-hydrogen) atoms. The first-order valence-electron chi connectivity index (χ1n) is 5.17. The highest BCUT2D eigenvalue weighted by Gasteiger charge is 2.11. The molecule has 1 unspecified atom stereocenters. The van der Waals surface area contributed by atoms with Crippen molar-refractivity contribution in [3.63, 3.8) is 0 Å². The van der Waals surface area contributed by atoms with Gasteiger partial charge in [0.2, 0.25) is 5.91 Å². The Balaban J connectivity index is 3.72. The molecule has 0 bridgehead atoms. The molecule has 4 nitrogen and oxygen atoms in total. The second kappa shape index (κ2) is 6.79. The molecule has 0 rings (SSSR count). The van der Waals surface area contributed by atoms with Crippen molar-refractivity contribution >= 4 is 5.91 Å². The molecule has 0 saturated heterocycles. The standard InChI is InChI=1S/C10H23N3O/c1-8(2)7-9(3)13(4)6-5-10(14)12-11/h8-9H,5-7,11H2,1-4H3,(H,12,14). The van der Waals surface area contributed by atoms with E-state index in [1.54, 1.807) is 0 Å². The van der Waals surface area contributed by atoms with Crippen LogP contribution in [0, 0.1) is 5.92 Å². The zero-order valence-electron chi connectivity index (χ0n) is 9.71. The molecule has 0 saturated carbocycles. The predicted octanol–water partition coefficient (Wildman–Crippen LogP) is 0.733. The fraction of sp³-hybridized carbons (Fsp3) is 0.900. The number of hydrogen-bond donors (Lipinski definition) is 2. The van der Waals surface area contributed by atoms with Crippen LogP contribution in [0.5, 0.6) is 0 Å². The maximum atomic E-state index is 10.9. The van der Waals surface area contributed by atoms with Crippen molar-refractivity contribution in [3.05, 3.63) is 0 Å². The lowest BCUT2D eigenvalue weighted by atomic mass is 10.0. The summed E-state index contributed by atoms with van der Waals surface area (Å²) in [6, 6.07) is 0.514. The topological polar surface area (TPSA) is 58.4 Å². The van der Waals surface area contributed by atoms with E-state index in [0.717, 1.165) is 13.0 Å². The third-order valence-electron chi connectivity index (χ3n) is 2.42. The van der Waals surface area contributed by atoms with E-state index in [0.29, 0.717) is 18.4 Å². The molecule has 0 aromatic heterocycles. The van der Waals surface area contributed by atoms with Gasteiger partial charge in [-0.05, 0) is 26.3 Å². The van der Waals surface area contributed by atoms with Crippen molar-refractivity contribution < 1.29 is 4.79 Å². The fourth-order valence-corrected chi connectivity index (χ4v) is 1.43. The van der Waals surface area contributed by atoms with E-state index in [4.69, 9.17) is 5.84 Å². The summed E-state index contributed by atoms with van der Waals surface area (Å²) in [5.74, 6) is 5.58. The van der Waals surface area contributed by atoms with Gasteiger partial charge in [0.05, 0.1) is 0 Å². The molecule has 84 valence electrons. The van der Waals surface area contributed by atoms with E-state index in [9.17, 15) is 4.79 Å². The first-order valence-corrected chi connectivity index (χ1v) is 5.17. The summed E-state index contributed by atoms with van der Waals surface area (Å²) >= 11 is 0. The van der Waals surface area contributed by atoms with Gasteiger partial charge in [0.15, 0.2) is 0 Å². The summed E-state index contributed by atoms with van der Waals surface area (Å²) in [5, 5.41) is 0. The molecule has 1 amide bonds. The first kappa shape index (κ1) is 13.4. The van der Waals surface area contributed by atoms with Gasteiger partial charge in [-0.3, -0.25) is 10.2 Å². The number of hydrazine groups is 1. The SMILES string of the molecule is CC(C)CC(C)N(C)CCC(=O)NN. The molecule has 0 spiro atoms. The summed E-state index contributed by atoms with van der Waals surface area (Å²) in [4.78, 5) is 13.1. The Bertz CT molecular complexity index is 171. The van der Waals surface area contributed by atoms with Gasteiger partial charge in [-0.2, -0.15) is 0 Å². The lowest BCUT2D eigenvalue weighted by Gasteiger charge is -2.25. The second-order valence-corrected chi connectivity index (χ2v) is 4.28. The predicted molar refractivity (Wildman–Crippen MR) is 58.5 cm³/mol. The Kier molecular flexibility index (Phi) is 6.49. The third kappa shape index (κ3) is 5.94. The minimum absolute atomic E-state index is 0.103. The van der Waals surface area contributed by atoms with Gasteiger partial charge in [0.25, 0.3) is 0 Å². The van der Waals surface area contributed by atoms with E-state index in [1.165, 1.54) is 0 Å². The van der Waals surface area contributed by atoms with Crippen LogP contribution in [0.2, 0.25) is 0 Å². The largest absolute Gasteiger partial charge is 0.303 e. The van der Waals surface area contributed by atoms with Gasteiger partial charge in [-0.25, -0.2) is 5.84 Å². The monoisotopic (exact) mass is 201 g/mol. The minimum Gasteiger partial charge on any atom is -0.303 e. The van der Waals surface area contributed by atoms with Gasteiger partial charge in [0, 0.05) is 19.0 Å². The average molecular weight is 201 g/mol. The minimum atomic E-state index is -0.103. The fourth-order valence-electron chi connectivity index (χ4n) is 1.43. The highest BCUT2D eigenvalue weighted by Crippen LogP contribution is 2.09. The van der Waals surface area contributed by atoms with Crippen molar-refractivity contribution in [2.24, 2.45) is 11.8 Å². The number of rotatable bonds is 6. The molecule has 0 aliphatic carbocycles. The van der Waals surface area contributed by atoms with Crippen molar-refractivity contribution in [1.82, 2.24) is 10.3 Å². The molecule has 0 aromatic rings. The molecule has 0 aromatic carbocycles. The summed E-state index contributed by atoms with van der Waals surface area (Å²) in [5.41, 5.74) is 2.13. The van der Waals surface area contributed by atoms with Gasteiger partial charge in [0.1, 0.15) is 0 Å². The second-order valence-electron chi connectivity index (χ2n) is 4.28. The average Bonchev–Trinajstić information content (AvgIpc) is 2.12. The van der Waals surface area contributed by atoms with Crippen LogP contribution in [0.3, 0.4) is 0 Å². The molecular formula is C10H23N3O. The number of amides is 1. The number of nitrogens with two attached hydrogens (primary N) is 1. The number of nitrogens with zero attached hydrogens (tertiary/aromatic N) is 1. The normalized spacial score (nSPS) is 13.4. The Morgan fingerprint density at radius 2 is 2.00 bits per heavy atom. The highest BCUT2D eigenvalue weighted by molar-refractivity contribution is 5.75. The molecule has 4 heteroatoms. The van der Waals surface area contributed by atoms with Crippen LogP contribution in [0.4, 0.5) is 0 Å². The van der Waals surface area contributed by atoms with E-state index in [2.05, 4.69) is 31.1 Å². The Hall–Kier alpha value is -0.610. The molecule has 1 atom stereocenters. The third-order valence-corrected chi connectivity index (χ3v) is 2.42. The lowest BCUT2D eigenvalue weighted by Crippen LogP contribution is -2.36. The van der Waals surface area contributed by atoms with E-state index < -0.39 is 0 Å². The molecule has 0 radical (unpaired) electrons. The zero-order chi connectivity index (χ0) is 11.1. The number of hydrogen-bond acceptors (Lipinski definition) is 3. The summed E-state index contributed by atoms with van der Waals surface area (Å²) in [6.45, 7) is 7.35. The van der Waals surface area contributed by atoms with Gasteiger partial charge in [-0.15, -0.1) is 0 Å². The first-order chi connectivity index (χ1) is 6.47. The van der Waals surface area contributed by atoms with Crippen molar-refractivity contribution in [1.29, 1.82) is 0 Å². The smallest absolute Gasteiger partial charge is 0.235 e. The molecule has 0 aliphatic heterocycles. The Morgan fingerprint density at radius 3 is 2.43 bits per heavy atom. The molecule has 0 heterocycles. The lowest BCUT2D eigenvalue weighted by molar-refractivity contribution is -0.121. The van der Waals surface area contributed by atoms with Crippen molar-refractivity contribution in [2.45, 2.75) is 39.7 Å². The number of carbonyl (C=O) groups is 1. The summed E-state index contributed by atoms with van der Waals surface area (Å²) in [6.07, 6.45) is 1.62. The van der Waals surface area contributed by atoms with Crippen LogP contribution in [-0.2, 0) is 4.79 Å². The van der Waals surface area contributed by atoms with E-state index >= 15 is 0 Å². The summed E-state index contributed by atoms with van der Waals surface area (Å²) < 4.78 is 0. The molecule has 0 aliphatic rings. The van der Waals surface area contributed by atoms with Crippen LogP contribution in [0.1, 0.15) is 33.6 Å². The van der Waals surface area contributed by atoms with Crippen LogP contribution in [-0.4, -0.2) is 30.4 Å². The van der Waals surface area contributed by atoms with Gasteiger partial charge in [-0.1, -0.05) is 13.8 Å². The van der Waals surface area contributed by atoms with Crippen LogP contribution in [0.25, 0.3) is 0 Å². The Labute approximate surface area is 86.8 Å². The maximum absolute atomic E-state index is 10.9. The molecule has 0 fully saturated rings. The van der Waals surface area contributed by atoms with E-state index in [-0.39, 0.29) is 5.91 Å². The number of carbonyl (C=O) groups excluding carboxylic acids is 1. The van der Waals surface area contributed by atoms with E-state index in [1.807, 2.05) is 7.05 Å². The Morgan fingerprint density at radius 1 is 1.43 bits per heavy atom.